The van der Waals surface area contributed by atoms with E-state index >= 15 is 0 Å². The van der Waals surface area contributed by atoms with Gasteiger partial charge in [-0.25, -0.2) is 4.68 Å². The molecule has 0 aliphatic rings. The van der Waals surface area contributed by atoms with E-state index in [1.807, 2.05) is 12.1 Å². The Kier molecular flexibility index (Phi) is 4.32. The van der Waals surface area contributed by atoms with Gasteiger partial charge in [0.15, 0.2) is 0 Å². The Hall–Kier alpha value is -2.37. The van der Waals surface area contributed by atoms with Crippen molar-refractivity contribution in [3.63, 3.8) is 0 Å². The summed E-state index contributed by atoms with van der Waals surface area (Å²) in [6.45, 7) is 0. The molecule has 0 saturated carbocycles. The van der Waals surface area contributed by atoms with Crippen molar-refractivity contribution in [2.24, 2.45) is 0 Å². The molecule has 3 rings (SSSR count). The highest BCUT2D eigenvalue weighted by Gasteiger charge is 2.17. The maximum absolute atomic E-state index is 12.4. The predicted octanol–water partition coefficient (Wildman–Crippen LogP) is 3.85. The lowest BCUT2D eigenvalue weighted by Crippen LogP contribution is -2.27. The van der Waals surface area contributed by atoms with Crippen LogP contribution in [0.25, 0.3) is 5.69 Å². The molecule has 0 bridgehead atoms. The third kappa shape index (κ3) is 3.36. The molecular weight excluding hydrogens is 335 g/mol. The Bertz CT molecular complexity index is 828. The lowest BCUT2D eigenvalue weighted by Gasteiger charge is -2.12. The summed E-state index contributed by atoms with van der Waals surface area (Å²) in [5, 5.41) is 5.54. The van der Waals surface area contributed by atoms with E-state index in [-0.39, 0.29) is 5.91 Å². The van der Waals surface area contributed by atoms with E-state index in [0.717, 1.165) is 5.69 Å². The van der Waals surface area contributed by atoms with Crippen LogP contribution in [-0.2, 0) is 0 Å². The second-order valence-corrected chi connectivity index (χ2v) is 5.71. The van der Waals surface area contributed by atoms with Gasteiger partial charge in [0.1, 0.15) is 6.33 Å². The second kappa shape index (κ2) is 6.40. The van der Waals surface area contributed by atoms with E-state index in [9.17, 15) is 4.79 Å². The fourth-order valence-corrected chi connectivity index (χ4v) is 2.26. The number of halogens is 2. The third-order valence-corrected chi connectivity index (χ3v) is 3.77. The number of rotatable bonds is 3. The molecule has 23 heavy (non-hydrogen) atoms. The van der Waals surface area contributed by atoms with Gasteiger partial charge in [0.2, 0.25) is 0 Å². The number of hydrogen-bond donors (Lipinski definition) is 0. The number of amides is 1. The minimum absolute atomic E-state index is 0.212. The van der Waals surface area contributed by atoms with Gasteiger partial charge in [-0.2, -0.15) is 4.98 Å². The van der Waals surface area contributed by atoms with Gasteiger partial charge in [0, 0.05) is 22.7 Å². The molecule has 7 heteroatoms. The Balaban J connectivity index is 1.83. The summed E-state index contributed by atoms with van der Waals surface area (Å²) in [4.78, 5) is 18.0. The van der Waals surface area contributed by atoms with Gasteiger partial charge >= 0.3 is 0 Å². The maximum atomic E-state index is 12.4. The fourth-order valence-electron chi connectivity index (χ4n) is 2.00. The van der Waals surface area contributed by atoms with Gasteiger partial charge in [0.05, 0.1) is 5.69 Å². The molecule has 116 valence electrons. The molecule has 0 radical (unpaired) electrons. The van der Waals surface area contributed by atoms with E-state index in [1.165, 1.54) is 4.90 Å². The van der Waals surface area contributed by atoms with Gasteiger partial charge in [-0.15, -0.1) is 5.10 Å². The van der Waals surface area contributed by atoms with Gasteiger partial charge in [0.25, 0.3) is 11.9 Å². The Morgan fingerprint density at radius 2 is 1.57 bits per heavy atom. The number of carbonyl (C=O) groups excluding carboxylic acids is 1. The molecule has 0 aliphatic carbocycles. The summed E-state index contributed by atoms with van der Waals surface area (Å²) in [7, 11) is 1.62. The quantitative estimate of drug-likeness (QED) is 0.723. The van der Waals surface area contributed by atoms with Crippen molar-refractivity contribution in [1.82, 2.24) is 14.8 Å². The first-order valence-corrected chi connectivity index (χ1v) is 7.51. The number of carbonyl (C=O) groups is 1. The molecule has 5 nitrogen and oxygen atoms in total. The monoisotopic (exact) mass is 346 g/mol. The summed E-state index contributed by atoms with van der Waals surface area (Å²) in [6.07, 6.45) is 1.55. The SMILES string of the molecule is CN(C(=O)c1ccc(Cl)cc1)c1ncn(-c2ccc(Cl)cc2)n1. The highest BCUT2D eigenvalue weighted by molar-refractivity contribution is 6.31. The molecule has 0 aliphatic heterocycles. The summed E-state index contributed by atoms with van der Waals surface area (Å²) >= 11 is 11.7. The molecule has 0 fully saturated rings. The van der Waals surface area contributed by atoms with Crippen LogP contribution in [0.2, 0.25) is 10.0 Å². The van der Waals surface area contributed by atoms with Crippen LogP contribution in [0.15, 0.2) is 54.9 Å². The first-order valence-electron chi connectivity index (χ1n) is 6.76. The van der Waals surface area contributed by atoms with E-state index in [4.69, 9.17) is 23.2 Å². The average Bonchev–Trinajstić information content (AvgIpc) is 3.05. The predicted molar refractivity (Wildman–Crippen MR) is 90.6 cm³/mol. The highest BCUT2D eigenvalue weighted by atomic mass is 35.5. The van der Waals surface area contributed by atoms with E-state index < -0.39 is 0 Å². The normalized spacial score (nSPS) is 10.6. The van der Waals surface area contributed by atoms with Crippen molar-refractivity contribution >= 4 is 35.1 Å². The van der Waals surface area contributed by atoms with Crippen molar-refractivity contribution in [3.8, 4) is 5.69 Å². The van der Waals surface area contributed by atoms with Crippen LogP contribution in [0.5, 0.6) is 0 Å². The summed E-state index contributed by atoms with van der Waals surface area (Å²) < 4.78 is 1.58. The van der Waals surface area contributed by atoms with Crippen LogP contribution in [0.4, 0.5) is 5.95 Å². The van der Waals surface area contributed by atoms with Crippen LogP contribution >= 0.6 is 23.2 Å². The first kappa shape index (κ1) is 15.5. The lowest BCUT2D eigenvalue weighted by atomic mass is 10.2. The topological polar surface area (TPSA) is 51.0 Å². The number of nitrogens with zero attached hydrogens (tertiary/aromatic N) is 4. The van der Waals surface area contributed by atoms with Crippen LogP contribution in [-0.4, -0.2) is 27.7 Å². The molecule has 2 aromatic carbocycles. The van der Waals surface area contributed by atoms with Crippen molar-refractivity contribution in [1.29, 1.82) is 0 Å². The number of aromatic nitrogens is 3. The Labute approximate surface area is 143 Å². The van der Waals surface area contributed by atoms with E-state index in [0.29, 0.717) is 21.6 Å². The van der Waals surface area contributed by atoms with Crippen molar-refractivity contribution in [2.45, 2.75) is 0 Å². The largest absolute Gasteiger partial charge is 0.278 e. The summed E-state index contributed by atoms with van der Waals surface area (Å²) in [6, 6.07) is 13.8. The van der Waals surface area contributed by atoms with Crippen molar-refractivity contribution in [3.05, 3.63) is 70.5 Å². The van der Waals surface area contributed by atoms with Crippen molar-refractivity contribution < 1.29 is 4.79 Å². The molecular formula is C16H12Cl2N4O. The summed E-state index contributed by atoms with van der Waals surface area (Å²) in [5.41, 5.74) is 1.32. The van der Waals surface area contributed by atoms with Gasteiger partial charge < -0.3 is 0 Å². The summed E-state index contributed by atoms with van der Waals surface area (Å²) in [5.74, 6) is 0.0930. The molecule has 0 N–H and O–H groups in total. The fraction of sp³-hybridized carbons (Fsp3) is 0.0625. The lowest BCUT2D eigenvalue weighted by molar-refractivity contribution is 0.0991. The number of anilines is 1. The van der Waals surface area contributed by atoms with Gasteiger partial charge in [-0.05, 0) is 48.5 Å². The van der Waals surface area contributed by atoms with Gasteiger partial charge in [-0.3, -0.25) is 9.69 Å². The van der Waals surface area contributed by atoms with E-state index in [2.05, 4.69) is 10.1 Å². The molecule has 1 aromatic heterocycles. The Morgan fingerprint density at radius 1 is 1.00 bits per heavy atom. The molecule has 0 spiro atoms. The van der Waals surface area contributed by atoms with Crippen LogP contribution in [0.1, 0.15) is 10.4 Å². The molecule has 0 atom stereocenters. The minimum Gasteiger partial charge on any atom is -0.278 e. The molecule has 3 aromatic rings. The van der Waals surface area contributed by atoms with E-state index in [1.54, 1.807) is 54.5 Å². The molecule has 0 unspecified atom stereocenters. The van der Waals surface area contributed by atoms with Gasteiger partial charge in [-0.1, -0.05) is 23.2 Å². The third-order valence-electron chi connectivity index (χ3n) is 3.27. The zero-order chi connectivity index (χ0) is 16.4. The molecule has 1 heterocycles. The van der Waals surface area contributed by atoms with Crippen molar-refractivity contribution in [2.75, 3.05) is 11.9 Å². The molecule has 0 saturated heterocycles. The highest BCUT2D eigenvalue weighted by Crippen LogP contribution is 2.16. The number of benzene rings is 2. The number of hydrogen-bond acceptors (Lipinski definition) is 3. The van der Waals surface area contributed by atoms with Crippen LogP contribution in [0.3, 0.4) is 0 Å². The standard InChI is InChI=1S/C16H12Cl2N4O/c1-21(15(23)11-2-4-12(17)5-3-11)16-19-10-22(20-16)14-8-6-13(18)7-9-14/h2-10H,1H3. The zero-order valence-electron chi connectivity index (χ0n) is 12.1. The molecule has 1 amide bonds. The second-order valence-electron chi connectivity index (χ2n) is 4.84. The van der Waals surface area contributed by atoms with Crippen LogP contribution < -0.4 is 4.90 Å². The first-order chi connectivity index (χ1) is 11.0. The average molecular weight is 347 g/mol. The smallest absolute Gasteiger partial charge is 0.260 e. The maximum Gasteiger partial charge on any atom is 0.260 e. The Morgan fingerprint density at radius 3 is 2.17 bits per heavy atom. The minimum atomic E-state index is -0.212. The zero-order valence-corrected chi connectivity index (χ0v) is 13.7. The van der Waals surface area contributed by atoms with Crippen LogP contribution in [0, 0.1) is 0 Å².